The van der Waals surface area contributed by atoms with E-state index in [4.69, 9.17) is 0 Å². The summed E-state index contributed by atoms with van der Waals surface area (Å²) in [5.74, 6) is 0. The van der Waals surface area contributed by atoms with Crippen molar-refractivity contribution >= 4 is 29.4 Å². The summed E-state index contributed by atoms with van der Waals surface area (Å²) >= 11 is 1.15. The van der Waals surface area contributed by atoms with Crippen molar-refractivity contribution in [3.8, 4) is 5.69 Å². The monoisotopic (exact) mass is 449 g/mol. The second-order valence-electron chi connectivity index (χ2n) is 6.98. The summed E-state index contributed by atoms with van der Waals surface area (Å²) in [5.41, 5.74) is 1.85. The van der Waals surface area contributed by atoms with Crippen molar-refractivity contribution in [3.63, 3.8) is 0 Å². The quantitative estimate of drug-likeness (QED) is 0.253. The van der Waals surface area contributed by atoms with Gasteiger partial charge in [-0.3, -0.25) is 19.6 Å². The molecule has 0 aliphatic rings. The van der Waals surface area contributed by atoms with Gasteiger partial charge in [-0.25, -0.2) is 9.67 Å². The maximum absolute atomic E-state index is 13.0. The van der Waals surface area contributed by atoms with E-state index in [0.29, 0.717) is 21.3 Å². The van der Waals surface area contributed by atoms with Gasteiger partial charge in [-0.05, 0) is 42.4 Å². The minimum atomic E-state index is -0.452. The Morgan fingerprint density at radius 3 is 2.56 bits per heavy atom. The van der Waals surface area contributed by atoms with Gasteiger partial charge in [0.1, 0.15) is 6.33 Å². The third-order valence-corrected chi connectivity index (χ3v) is 6.03. The van der Waals surface area contributed by atoms with Crippen molar-refractivity contribution in [1.29, 1.82) is 0 Å². The van der Waals surface area contributed by atoms with E-state index in [1.54, 1.807) is 42.4 Å². The van der Waals surface area contributed by atoms with E-state index in [0.717, 1.165) is 17.4 Å². The van der Waals surface area contributed by atoms with E-state index in [2.05, 4.69) is 15.2 Å². The van der Waals surface area contributed by atoms with Crippen molar-refractivity contribution in [2.24, 2.45) is 19.1 Å². The molecule has 2 heterocycles. The van der Waals surface area contributed by atoms with Gasteiger partial charge in [-0.2, -0.15) is 0 Å². The van der Waals surface area contributed by atoms with Crippen LogP contribution in [0.4, 0.5) is 11.4 Å². The molecule has 2 aromatic carbocycles. The number of benzene rings is 2. The van der Waals surface area contributed by atoms with E-state index in [-0.39, 0.29) is 16.9 Å². The molecule has 0 fully saturated rings. The predicted octanol–water partition coefficient (Wildman–Crippen LogP) is 3.42. The zero-order valence-corrected chi connectivity index (χ0v) is 18.4. The zero-order valence-electron chi connectivity index (χ0n) is 17.5. The third kappa shape index (κ3) is 3.97. The molecule has 0 bridgehead atoms. The van der Waals surface area contributed by atoms with Gasteiger partial charge in [0, 0.05) is 26.4 Å². The smallest absolute Gasteiger partial charge is 0.297 e. The Bertz CT molecular complexity index is 1390. The second-order valence-corrected chi connectivity index (χ2v) is 7.99. The van der Waals surface area contributed by atoms with Crippen molar-refractivity contribution in [1.82, 2.24) is 24.1 Å². The number of aryl methyl sites for hydroxylation is 1. The summed E-state index contributed by atoms with van der Waals surface area (Å²) in [4.78, 5) is 28.9. The van der Waals surface area contributed by atoms with Crippen LogP contribution in [0, 0.1) is 17.0 Å². The molecule has 0 spiro atoms. The van der Waals surface area contributed by atoms with Crippen LogP contribution in [0.5, 0.6) is 0 Å². The fraction of sp³-hybridized carbons (Fsp3) is 0.143. The summed E-state index contributed by atoms with van der Waals surface area (Å²) in [6, 6.07) is 14.0. The lowest BCUT2D eigenvalue weighted by molar-refractivity contribution is -0.387. The van der Waals surface area contributed by atoms with Crippen LogP contribution in [-0.4, -0.2) is 35.3 Å². The molecule has 2 aromatic heterocycles. The Kier molecular flexibility index (Phi) is 5.73. The van der Waals surface area contributed by atoms with Crippen LogP contribution in [0.2, 0.25) is 0 Å². The third-order valence-electron chi connectivity index (χ3n) is 4.92. The van der Waals surface area contributed by atoms with Gasteiger partial charge in [-0.15, -0.1) is 10.2 Å². The number of aliphatic imine (C=N–C) groups is 1. The number of aromatic nitrogens is 5. The Labute approximate surface area is 187 Å². The highest BCUT2D eigenvalue weighted by Crippen LogP contribution is 2.34. The molecule has 0 unspecified atom stereocenters. The average Bonchev–Trinajstić information content (AvgIpc) is 3.28. The second kappa shape index (κ2) is 8.63. The Morgan fingerprint density at radius 1 is 1.16 bits per heavy atom. The summed E-state index contributed by atoms with van der Waals surface area (Å²) in [5, 5.41) is 19.9. The first-order valence-electron chi connectivity index (χ1n) is 9.55. The van der Waals surface area contributed by atoms with Crippen molar-refractivity contribution in [3.05, 3.63) is 86.6 Å². The van der Waals surface area contributed by atoms with Crippen LogP contribution in [0.1, 0.15) is 11.3 Å². The molecule has 32 heavy (non-hydrogen) atoms. The first-order valence-corrected chi connectivity index (χ1v) is 10.4. The van der Waals surface area contributed by atoms with E-state index in [1.165, 1.54) is 23.3 Å². The SMILES string of the molecule is Cc1c(N=Cc2ccc(Sc3nncn3C)c([N+](=O)[O-])c2)c(=O)n(-c2ccccc2)n1C. The van der Waals surface area contributed by atoms with E-state index in [9.17, 15) is 14.9 Å². The molecule has 0 radical (unpaired) electrons. The number of nitrogens with zero attached hydrogens (tertiary/aromatic N) is 7. The highest BCUT2D eigenvalue weighted by atomic mass is 32.2. The molecule has 0 aliphatic heterocycles. The lowest BCUT2D eigenvalue weighted by Crippen LogP contribution is -2.19. The van der Waals surface area contributed by atoms with Crippen molar-refractivity contribution < 1.29 is 4.92 Å². The van der Waals surface area contributed by atoms with Crippen LogP contribution in [0.25, 0.3) is 5.69 Å². The van der Waals surface area contributed by atoms with Crippen LogP contribution >= 0.6 is 11.8 Å². The van der Waals surface area contributed by atoms with Gasteiger partial charge in [0.2, 0.25) is 0 Å². The van der Waals surface area contributed by atoms with Gasteiger partial charge in [-0.1, -0.05) is 24.3 Å². The Balaban J connectivity index is 1.68. The normalized spacial score (nSPS) is 11.3. The van der Waals surface area contributed by atoms with E-state index >= 15 is 0 Å². The number of hydrogen-bond donors (Lipinski definition) is 0. The molecule has 0 saturated carbocycles. The summed E-state index contributed by atoms with van der Waals surface area (Å²) in [6.07, 6.45) is 2.99. The molecule has 0 amide bonds. The summed E-state index contributed by atoms with van der Waals surface area (Å²) in [6.45, 7) is 1.80. The fourth-order valence-corrected chi connectivity index (χ4v) is 4.00. The molecule has 0 aliphatic carbocycles. The lowest BCUT2D eigenvalue weighted by Gasteiger charge is -2.07. The average molecular weight is 449 g/mol. The number of nitro groups is 1. The van der Waals surface area contributed by atoms with Crippen LogP contribution < -0.4 is 5.56 Å². The zero-order chi connectivity index (χ0) is 22.8. The molecule has 0 atom stereocenters. The molecule has 0 N–H and O–H groups in total. The van der Waals surface area contributed by atoms with Crippen LogP contribution in [0.15, 0.2) is 74.7 Å². The highest BCUT2D eigenvalue weighted by Gasteiger charge is 2.18. The van der Waals surface area contributed by atoms with Crippen molar-refractivity contribution in [2.75, 3.05) is 0 Å². The predicted molar refractivity (Wildman–Crippen MR) is 121 cm³/mol. The van der Waals surface area contributed by atoms with E-state index in [1.807, 2.05) is 30.3 Å². The topological polar surface area (TPSA) is 113 Å². The van der Waals surface area contributed by atoms with E-state index < -0.39 is 4.92 Å². The molecule has 162 valence electrons. The van der Waals surface area contributed by atoms with Gasteiger partial charge >= 0.3 is 0 Å². The number of para-hydroxylation sites is 1. The maximum Gasteiger partial charge on any atom is 0.297 e. The number of hydrogen-bond acceptors (Lipinski definition) is 7. The van der Waals surface area contributed by atoms with Gasteiger partial charge in [0.25, 0.3) is 11.2 Å². The number of rotatable bonds is 6. The van der Waals surface area contributed by atoms with Gasteiger partial charge < -0.3 is 4.57 Å². The first kappa shape index (κ1) is 21.2. The number of nitro benzene ring substituents is 1. The summed E-state index contributed by atoms with van der Waals surface area (Å²) in [7, 11) is 3.55. The molecule has 11 heteroatoms. The Morgan fingerprint density at radius 2 is 1.91 bits per heavy atom. The maximum atomic E-state index is 13.0. The van der Waals surface area contributed by atoms with Gasteiger partial charge in [0.05, 0.1) is 21.2 Å². The molecule has 0 saturated heterocycles. The van der Waals surface area contributed by atoms with Crippen LogP contribution in [0.3, 0.4) is 0 Å². The minimum Gasteiger partial charge on any atom is -0.311 e. The van der Waals surface area contributed by atoms with Crippen LogP contribution in [-0.2, 0) is 14.1 Å². The standard InChI is InChI=1S/C21H19N7O3S/c1-14-19(20(29)27(26(14)3)16-7-5-4-6-8-16)22-12-15-9-10-18(17(11-15)28(30)31)32-21-24-23-13-25(21)2/h4-13H,1-3H3. The first-order chi connectivity index (χ1) is 15.4. The summed E-state index contributed by atoms with van der Waals surface area (Å²) < 4.78 is 4.94. The fourth-order valence-electron chi connectivity index (χ4n) is 3.15. The molecule has 4 rings (SSSR count). The lowest BCUT2D eigenvalue weighted by atomic mass is 10.2. The highest BCUT2D eigenvalue weighted by molar-refractivity contribution is 7.99. The van der Waals surface area contributed by atoms with Gasteiger partial charge in [0.15, 0.2) is 10.8 Å². The van der Waals surface area contributed by atoms with Crippen molar-refractivity contribution in [2.45, 2.75) is 17.0 Å². The molecular weight excluding hydrogens is 430 g/mol. The largest absolute Gasteiger partial charge is 0.311 e. The minimum absolute atomic E-state index is 0.0755. The Hall–Kier alpha value is -3.99. The molecule has 10 nitrogen and oxygen atoms in total. The molecule has 4 aromatic rings. The molecular formula is C21H19N7O3S.